The smallest absolute Gasteiger partial charge is 0.404 e. The fraction of sp³-hybridized carbons (Fsp3) is 0.545. The number of ether oxygens (including phenoxy) is 2. The molecule has 0 radical (unpaired) electrons. The lowest BCUT2D eigenvalue weighted by Gasteiger charge is -2.29. The van der Waals surface area contributed by atoms with E-state index in [2.05, 4.69) is 9.97 Å². The van der Waals surface area contributed by atoms with E-state index in [1.54, 1.807) is 0 Å². The first-order chi connectivity index (χ1) is 8.29. The van der Waals surface area contributed by atoms with Gasteiger partial charge in [0, 0.05) is 5.41 Å². The Labute approximate surface area is 105 Å². The molecular weight excluding hydrogens is 236 g/mol. The standard InChI is InChI=1S/C11H18N4O3/c1-11(2,3)7(6-17-10(13)16)18-9-5-14-8(12)4-15-9/h4-5,7H,6H2,1-3H3,(H2,12,14)(H2,13,16)/t7-/m0/s1. The van der Waals surface area contributed by atoms with Crippen molar-refractivity contribution in [2.75, 3.05) is 12.3 Å². The second kappa shape index (κ2) is 5.52. The largest absolute Gasteiger partial charge is 0.469 e. The number of nitrogens with two attached hydrogens (primary N) is 2. The molecule has 0 aliphatic rings. The molecule has 0 saturated heterocycles. The van der Waals surface area contributed by atoms with Crippen molar-refractivity contribution in [2.24, 2.45) is 11.1 Å². The SMILES string of the molecule is CC(C)(C)[C@H](COC(N)=O)Oc1cnc(N)cn1. The van der Waals surface area contributed by atoms with Crippen molar-refractivity contribution in [2.45, 2.75) is 26.9 Å². The van der Waals surface area contributed by atoms with Crippen molar-refractivity contribution in [3.05, 3.63) is 12.4 Å². The van der Waals surface area contributed by atoms with Crippen molar-refractivity contribution in [3.8, 4) is 5.88 Å². The van der Waals surface area contributed by atoms with Crippen LogP contribution in [0.3, 0.4) is 0 Å². The average Bonchev–Trinajstić information content (AvgIpc) is 2.24. The van der Waals surface area contributed by atoms with Gasteiger partial charge in [0.2, 0.25) is 5.88 Å². The van der Waals surface area contributed by atoms with Crippen LogP contribution in [0.1, 0.15) is 20.8 Å². The summed E-state index contributed by atoms with van der Waals surface area (Å²) in [5.41, 5.74) is 10.1. The Morgan fingerprint density at radius 1 is 1.39 bits per heavy atom. The molecule has 7 heteroatoms. The van der Waals surface area contributed by atoms with E-state index in [0.29, 0.717) is 11.7 Å². The maximum atomic E-state index is 10.6. The Kier molecular flexibility index (Phi) is 4.30. The average molecular weight is 254 g/mol. The maximum Gasteiger partial charge on any atom is 0.404 e. The quantitative estimate of drug-likeness (QED) is 0.826. The fourth-order valence-corrected chi connectivity index (χ4v) is 1.15. The first-order valence-electron chi connectivity index (χ1n) is 5.45. The second-order valence-electron chi connectivity index (χ2n) is 4.88. The van der Waals surface area contributed by atoms with Crippen LogP contribution in [0.5, 0.6) is 5.88 Å². The summed E-state index contributed by atoms with van der Waals surface area (Å²) in [7, 11) is 0. The molecule has 100 valence electrons. The minimum Gasteiger partial charge on any atom is -0.469 e. The van der Waals surface area contributed by atoms with Gasteiger partial charge in [-0.05, 0) is 0 Å². The lowest BCUT2D eigenvalue weighted by molar-refractivity contribution is 0.0209. The van der Waals surface area contributed by atoms with Gasteiger partial charge in [-0.1, -0.05) is 20.8 Å². The van der Waals surface area contributed by atoms with Crippen LogP contribution >= 0.6 is 0 Å². The molecule has 0 aliphatic heterocycles. The monoisotopic (exact) mass is 254 g/mol. The third-order valence-electron chi connectivity index (χ3n) is 2.25. The zero-order valence-corrected chi connectivity index (χ0v) is 10.7. The van der Waals surface area contributed by atoms with Gasteiger partial charge in [0.15, 0.2) is 0 Å². The van der Waals surface area contributed by atoms with Gasteiger partial charge in [-0.15, -0.1) is 0 Å². The summed E-state index contributed by atoms with van der Waals surface area (Å²) in [4.78, 5) is 18.5. The van der Waals surface area contributed by atoms with E-state index < -0.39 is 6.09 Å². The van der Waals surface area contributed by atoms with Crippen LogP contribution in [-0.4, -0.2) is 28.8 Å². The van der Waals surface area contributed by atoms with Crippen LogP contribution in [0.25, 0.3) is 0 Å². The summed E-state index contributed by atoms with van der Waals surface area (Å²) in [5.74, 6) is 0.625. The van der Waals surface area contributed by atoms with Gasteiger partial charge in [-0.2, -0.15) is 0 Å². The number of rotatable bonds is 4. The van der Waals surface area contributed by atoms with Gasteiger partial charge in [0.05, 0.1) is 12.4 Å². The first-order valence-corrected chi connectivity index (χ1v) is 5.45. The number of carbonyl (C=O) groups excluding carboxylic acids is 1. The molecule has 1 atom stereocenters. The Morgan fingerprint density at radius 3 is 2.50 bits per heavy atom. The minimum absolute atomic E-state index is 0.0465. The lowest BCUT2D eigenvalue weighted by Crippen LogP contribution is -2.38. The summed E-state index contributed by atoms with van der Waals surface area (Å²) >= 11 is 0. The topological polar surface area (TPSA) is 113 Å². The van der Waals surface area contributed by atoms with Gasteiger partial charge in [0.25, 0.3) is 0 Å². The molecule has 7 nitrogen and oxygen atoms in total. The molecule has 0 saturated carbocycles. The molecule has 0 fully saturated rings. The molecule has 1 aromatic heterocycles. The molecule has 1 aromatic rings. The normalized spacial score (nSPS) is 12.8. The van der Waals surface area contributed by atoms with Crippen molar-refractivity contribution >= 4 is 11.9 Å². The second-order valence-corrected chi connectivity index (χ2v) is 4.88. The Balaban J connectivity index is 2.72. The number of nitrogens with zero attached hydrogens (tertiary/aromatic N) is 2. The Morgan fingerprint density at radius 2 is 2.06 bits per heavy atom. The van der Waals surface area contributed by atoms with Gasteiger partial charge in [0.1, 0.15) is 18.5 Å². The van der Waals surface area contributed by atoms with E-state index in [1.807, 2.05) is 20.8 Å². The van der Waals surface area contributed by atoms with Gasteiger partial charge < -0.3 is 20.9 Å². The number of nitrogen functional groups attached to an aromatic ring is 1. The molecule has 0 bridgehead atoms. The zero-order chi connectivity index (χ0) is 13.8. The Bertz CT molecular complexity index is 400. The molecular formula is C11H18N4O3. The van der Waals surface area contributed by atoms with Crippen molar-refractivity contribution < 1.29 is 14.3 Å². The van der Waals surface area contributed by atoms with Crippen LogP contribution in [0.2, 0.25) is 0 Å². The summed E-state index contributed by atoms with van der Waals surface area (Å²) in [6, 6.07) is 0. The van der Waals surface area contributed by atoms with Crippen LogP contribution in [-0.2, 0) is 4.74 Å². The van der Waals surface area contributed by atoms with Gasteiger partial charge in [-0.25, -0.2) is 14.8 Å². The van der Waals surface area contributed by atoms with Gasteiger partial charge >= 0.3 is 6.09 Å². The number of primary amides is 1. The molecule has 1 amide bonds. The molecule has 1 heterocycles. The summed E-state index contributed by atoms with van der Waals surface area (Å²) < 4.78 is 10.4. The van der Waals surface area contributed by atoms with E-state index in [-0.39, 0.29) is 18.1 Å². The van der Waals surface area contributed by atoms with Crippen LogP contribution in [0.15, 0.2) is 12.4 Å². The number of carbonyl (C=O) groups is 1. The minimum atomic E-state index is -0.837. The highest BCUT2D eigenvalue weighted by Gasteiger charge is 2.28. The third-order valence-corrected chi connectivity index (χ3v) is 2.25. The fourth-order valence-electron chi connectivity index (χ4n) is 1.15. The van der Waals surface area contributed by atoms with E-state index in [0.717, 1.165) is 0 Å². The predicted octanol–water partition coefficient (Wildman–Crippen LogP) is 0.948. The van der Waals surface area contributed by atoms with E-state index in [1.165, 1.54) is 12.4 Å². The third kappa shape index (κ3) is 4.44. The summed E-state index contributed by atoms with van der Waals surface area (Å²) in [5, 5.41) is 0. The Hall–Kier alpha value is -2.05. The maximum absolute atomic E-state index is 10.6. The molecule has 18 heavy (non-hydrogen) atoms. The molecule has 1 rings (SSSR count). The van der Waals surface area contributed by atoms with Gasteiger partial charge in [-0.3, -0.25) is 0 Å². The molecule has 0 spiro atoms. The van der Waals surface area contributed by atoms with Crippen molar-refractivity contribution in [1.29, 1.82) is 0 Å². The molecule has 0 unspecified atom stereocenters. The number of amides is 1. The number of aromatic nitrogens is 2. The molecule has 0 aliphatic carbocycles. The van der Waals surface area contributed by atoms with Crippen LogP contribution in [0, 0.1) is 5.41 Å². The number of hydrogen-bond donors (Lipinski definition) is 2. The summed E-state index contributed by atoms with van der Waals surface area (Å²) in [6.07, 6.45) is 1.58. The number of anilines is 1. The molecule has 4 N–H and O–H groups in total. The van der Waals surface area contributed by atoms with Crippen LogP contribution in [0.4, 0.5) is 10.6 Å². The lowest BCUT2D eigenvalue weighted by atomic mass is 9.89. The highest BCUT2D eigenvalue weighted by molar-refractivity contribution is 5.64. The number of hydrogen-bond acceptors (Lipinski definition) is 6. The van der Waals surface area contributed by atoms with E-state index in [4.69, 9.17) is 20.9 Å². The van der Waals surface area contributed by atoms with Crippen molar-refractivity contribution in [1.82, 2.24) is 9.97 Å². The molecule has 0 aromatic carbocycles. The first kappa shape index (κ1) is 14.0. The highest BCUT2D eigenvalue weighted by atomic mass is 16.6. The van der Waals surface area contributed by atoms with Crippen LogP contribution < -0.4 is 16.2 Å². The predicted molar refractivity (Wildman–Crippen MR) is 65.9 cm³/mol. The van der Waals surface area contributed by atoms with E-state index >= 15 is 0 Å². The van der Waals surface area contributed by atoms with E-state index in [9.17, 15) is 4.79 Å². The highest BCUT2D eigenvalue weighted by Crippen LogP contribution is 2.24. The zero-order valence-electron chi connectivity index (χ0n) is 10.7. The summed E-state index contributed by atoms with van der Waals surface area (Å²) in [6.45, 7) is 5.90. The van der Waals surface area contributed by atoms with Crippen molar-refractivity contribution in [3.63, 3.8) is 0 Å².